The van der Waals surface area contributed by atoms with Crippen molar-refractivity contribution in [2.45, 2.75) is 0 Å². The van der Waals surface area contributed by atoms with Gasteiger partial charge in [-0.05, 0) is 72.8 Å². The molecule has 0 spiro atoms. The van der Waals surface area contributed by atoms with Crippen molar-refractivity contribution >= 4 is 34.9 Å². The van der Waals surface area contributed by atoms with E-state index >= 15 is 0 Å². The zero-order valence-corrected chi connectivity index (χ0v) is 20.2. The quantitative estimate of drug-likeness (QED) is 0.214. The summed E-state index contributed by atoms with van der Waals surface area (Å²) in [7, 11) is 4.78. The van der Waals surface area contributed by atoms with Gasteiger partial charge in [0, 0.05) is 35.4 Å². The molecule has 2 heterocycles. The smallest absolute Gasteiger partial charge is 0.189 e. The lowest BCUT2D eigenvalue weighted by Crippen LogP contribution is -2.03. The van der Waals surface area contributed by atoms with Gasteiger partial charge >= 0.3 is 0 Å². The number of carbonyl (C=O) groups is 1. The molecule has 0 aliphatic carbocycles. The lowest BCUT2D eigenvalue weighted by atomic mass is 10.1. The van der Waals surface area contributed by atoms with Crippen molar-refractivity contribution in [2.24, 2.45) is 0 Å². The Bertz CT molecular complexity index is 1370. The van der Waals surface area contributed by atoms with E-state index in [1.54, 1.807) is 51.9 Å². The Kier molecular flexibility index (Phi) is 7.77. The highest BCUT2D eigenvalue weighted by Crippen LogP contribution is 2.31. The normalized spacial score (nSPS) is 10.6. The number of rotatable bonds is 10. The van der Waals surface area contributed by atoms with E-state index in [9.17, 15) is 4.79 Å². The van der Waals surface area contributed by atoms with Gasteiger partial charge in [0.05, 0.1) is 26.9 Å². The Morgan fingerprint density at radius 3 is 2.14 bits per heavy atom. The maximum Gasteiger partial charge on any atom is 0.189 e. The van der Waals surface area contributed by atoms with Gasteiger partial charge in [-0.25, -0.2) is 9.97 Å². The van der Waals surface area contributed by atoms with Gasteiger partial charge in [-0.15, -0.1) is 0 Å². The van der Waals surface area contributed by atoms with E-state index in [0.717, 1.165) is 22.7 Å². The van der Waals surface area contributed by atoms with E-state index < -0.39 is 0 Å². The number of nitrogens with zero attached hydrogens (tertiary/aromatic N) is 2. The summed E-state index contributed by atoms with van der Waals surface area (Å²) in [5.74, 6) is 2.84. The molecule has 0 fully saturated rings. The number of methoxy groups -OCH3 is 3. The molecule has 182 valence electrons. The van der Waals surface area contributed by atoms with E-state index in [4.69, 9.17) is 14.2 Å². The van der Waals surface area contributed by atoms with Gasteiger partial charge in [-0.1, -0.05) is 0 Å². The van der Waals surface area contributed by atoms with Crippen molar-refractivity contribution < 1.29 is 19.0 Å². The Morgan fingerprint density at radius 2 is 1.42 bits per heavy atom. The van der Waals surface area contributed by atoms with Gasteiger partial charge in [0.2, 0.25) is 0 Å². The monoisotopic (exact) mass is 482 g/mol. The first-order chi connectivity index (χ1) is 17.6. The summed E-state index contributed by atoms with van der Waals surface area (Å²) in [6.07, 6.45) is 6.55. The van der Waals surface area contributed by atoms with E-state index in [-0.39, 0.29) is 5.78 Å². The number of allylic oxidation sites excluding steroid dienone is 1. The van der Waals surface area contributed by atoms with Crippen LogP contribution in [0.15, 0.2) is 85.2 Å². The van der Waals surface area contributed by atoms with Gasteiger partial charge in [0.15, 0.2) is 17.3 Å². The molecule has 8 heteroatoms. The molecule has 0 aliphatic heterocycles. The van der Waals surface area contributed by atoms with Gasteiger partial charge in [-0.3, -0.25) is 4.79 Å². The third-order valence-corrected chi connectivity index (χ3v) is 5.33. The second-order valence-corrected chi connectivity index (χ2v) is 7.59. The molecular weight excluding hydrogens is 456 g/mol. The number of benzene rings is 2. The lowest BCUT2D eigenvalue weighted by molar-refractivity contribution is 0.104. The summed E-state index contributed by atoms with van der Waals surface area (Å²) in [6, 6.07) is 20.0. The van der Waals surface area contributed by atoms with Crippen molar-refractivity contribution in [1.29, 1.82) is 0 Å². The summed E-state index contributed by atoms with van der Waals surface area (Å²) >= 11 is 0. The van der Waals surface area contributed by atoms with Gasteiger partial charge in [0.1, 0.15) is 17.4 Å². The molecule has 0 amide bonds. The average molecular weight is 483 g/mol. The van der Waals surface area contributed by atoms with Crippen molar-refractivity contribution in [2.75, 3.05) is 32.0 Å². The Labute approximate surface area is 209 Å². The van der Waals surface area contributed by atoms with Crippen molar-refractivity contribution in [3.8, 4) is 17.2 Å². The molecule has 0 atom stereocenters. The van der Waals surface area contributed by atoms with Crippen LogP contribution in [-0.4, -0.2) is 37.1 Å². The highest BCUT2D eigenvalue weighted by atomic mass is 16.5. The zero-order chi connectivity index (χ0) is 25.3. The fourth-order valence-electron chi connectivity index (χ4n) is 3.48. The van der Waals surface area contributed by atoms with Crippen LogP contribution >= 0.6 is 0 Å². The van der Waals surface area contributed by atoms with E-state index in [1.165, 1.54) is 6.08 Å². The lowest BCUT2D eigenvalue weighted by Gasteiger charge is -2.12. The van der Waals surface area contributed by atoms with Crippen LogP contribution in [-0.2, 0) is 0 Å². The molecule has 0 aliphatic rings. The predicted octanol–water partition coefficient (Wildman–Crippen LogP) is 5.89. The summed E-state index contributed by atoms with van der Waals surface area (Å²) in [5.41, 5.74) is 2.75. The number of hydrogen-bond acceptors (Lipinski definition) is 8. The van der Waals surface area contributed by atoms with E-state index in [0.29, 0.717) is 28.7 Å². The molecule has 4 rings (SSSR count). The van der Waals surface area contributed by atoms with Gasteiger partial charge < -0.3 is 24.8 Å². The number of ketones is 1. The predicted molar refractivity (Wildman–Crippen MR) is 141 cm³/mol. The molecule has 0 saturated heterocycles. The Morgan fingerprint density at radius 1 is 0.750 bits per heavy atom. The van der Waals surface area contributed by atoms with Gasteiger partial charge in [-0.2, -0.15) is 0 Å². The molecule has 0 saturated carbocycles. The van der Waals surface area contributed by atoms with Crippen LogP contribution in [0.3, 0.4) is 0 Å². The zero-order valence-electron chi connectivity index (χ0n) is 20.2. The second kappa shape index (κ2) is 11.5. The van der Waals surface area contributed by atoms with Crippen molar-refractivity contribution in [1.82, 2.24) is 9.97 Å². The van der Waals surface area contributed by atoms with Crippen LogP contribution < -0.4 is 24.8 Å². The number of anilines is 4. The average Bonchev–Trinajstić information content (AvgIpc) is 2.93. The molecule has 36 heavy (non-hydrogen) atoms. The van der Waals surface area contributed by atoms with Gasteiger partial charge in [0.25, 0.3) is 0 Å². The molecule has 2 N–H and O–H groups in total. The van der Waals surface area contributed by atoms with Crippen molar-refractivity contribution in [3.05, 3.63) is 96.3 Å². The van der Waals surface area contributed by atoms with Crippen LogP contribution in [0.4, 0.5) is 23.0 Å². The molecule has 2 aromatic heterocycles. The Hall–Kier alpha value is -4.85. The maximum absolute atomic E-state index is 13.1. The molecule has 2 aromatic carbocycles. The summed E-state index contributed by atoms with van der Waals surface area (Å²) < 4.78 is 15.9. The number of nitrogens with one attached hydrogen (secondary N) is 2. The first-order valence-electron chi connectivity index (χ1n) is 11.1. The minimum atomic E-state index is -0.194. The minimum absolute atomic E-state index is 0.194. The fourth-order valence-corrected chi connectivity index (χ4v) is 3.48. The van der Waals surface area contributed by atoms with E-state index in [1.807, 2.05) is 54.6 Å². The standard InChI is InChI=1S/C28H26N4O4/c1-34-22-12-9-20(10-13-22)31-28-23(7-5-17-30-28)24(33)14-8-19-6-4-16-29-27(19)32-21-11-15-25(35-2)26(18-21)36-3/h4-18H,1-3H3,(H,29,32)(H,30,31)/b14-8+. The number of carbonyl (C=O) groups excluding carboxylic acids is 1. The minimum Gasteiger partial charge on any atom is -0.497 e. The van der Waals surface area contributed by atoms with Crippen LogP contribution in [0.2, 0.25) is 0 Å². The largest absolute Gasteiger partial charge is 0.497 e. The van der Waals surface area contributed by atoms with Crippen LogP contribution in [0.1, 0.15) is 15.9 Å². The third kappa shape index (κ3) is 5.79. The first kappa shape index (κ1) is 24.3. The summed E-state index contributed by atoms with van der Waals surface area (Å²) in [4.78, 5) is 21.9. The third-order valence-electron chi connectivity index (χ3n) is 5.33. The molecule has 0 unspecified atom stereocenters. The molecular formula is C28H26N4O4. The molecule has 0 bridgehead atoms. The molecule has 8 nitrogen and oxygen atoms in total. The van der Waals surface area contributed by atoms with Crippen LogP contribution in [0.25, 0.3) is 6.08 Å². The second-order valence-electron chi connectivity index (χ2n) is 7.59. The highest BCUT2D eigenvalue weighted by molar-refractivity contribution is 6.10. The SMILES string of the molecule is COc1ccc(Nc2ncccc2C(=O)/C=C/c2cccnc2Nc2ccc(OC)c(OC)c2)cc1. The van der Waals surface area contributed by atoms with Crippen LogP contribution in [0, 0.1) is 0 Å². The number of ether oxygens (including phenoxy) is 3. The highest BCUT2D eigenvalue weighted by Gasteiger charge is 2.11. The maximum atomic E-state index is 13.1. The number of pyridine rings is 2. The number of hydrogen-bond donors (Lipinski definition) is 2. The Balaban J connectivity index is 1.53. The number of aromatic nitrogens is 2. The summed E-state index contributed by atoms with van der Waals surface area (Å²) in [5, 5.41) is 6.47. The fraction of sp³-hybridized carbons (Fsp3) is 0.107. The topological polar surface area (TPSA) is 94.6 Å². The first-order valence-corrected chi connectivity index (χ1v) is 11.1. The van der Waals surface area contributed by atoms with E-state index in [2.05, 4.69) is 20.6 Å². The molecule has 4 aromatic rings. The molecule has 0 radical (unpaired) electrons. The summed E-state index contributed by atoms with van der Waals surface area (Å²) in [6.45, 7) is 0. The van der Waals surface area contributed by atoms with Crippen molar-refractivity contribution in [3.63, 3.8) is 0 Å². The van der Waals surface area contributed by atoms with Crippen LogP contribution in [0.5, 0.6) is 17.2 Å².